The van der Waals surface area contributed by atoms with E-state index in [2.05, 4.69) is 27.6 Å². The van der Waals surface area contributed by atoms with Gasteiger partial charge < -0.3 is 5.32 Å². The van der Waals surface area contributed by atoms with Crippen LogP contribution in [0.2, 0.25) is 0 Å². The Morgan fingerprint density at radius 1 is 1.33 bits per heavy atom. The van der Waals surface area contributed by atoms with Gasteiger partial charge in [-0.2, -0.15) is 0 Å². The molecule has 1 atom stereocenters. The van der Waals surface area contributed by atoms with Gasteiger partial charge in [0.2, 0.25) is 5.91 Å². The van der Waals surface area contributed by atoms with Gasteiger partial charge in [0.05, 0.1) is 5.75 Å². The summed E-state index contributed by atoms with van der Waals surface area (Å²) in [5, 5.41) is 11.9. The van der Waals surface area contributed by atoms with E-state index in [0.29, 0.717) is 5.75 Å². The van der Waals surface area contributed by atoms with Crippen molar-refractivity contribution in [1.29, 1.82) is 0 Å². The Balaban J connectivity index is 1.67. The van der Waals surface area contributed by atoms with E-state index < -0.39 is 0 Å². The molecule has 1 aromatic heterocycles. The summed E-state index contributed by atoms with van der Waals surface area (Å²) < 4.78 is 0.847. The highest BCUT2D eigenvalue weighted by Crippen LogP contribution is 2.21. The van der Waals surface area contributed by atoms with Crippen LogP contribution >= 0.6 is 23.1 Å². The summed E-state index contributed by atoms with van der Waals surface area (Å²) in [7, 11) is 0. The van der Waals surface area contributed by atoms with Crippen molar-refractivity contribution in [2.45, 2.75) is 37.1 Å². The molecule has 21 heavy (non-hydrogen) atoms. The lowest BCUT2D eigenvalue weighted by atomic mass is 10.1. The first-order valence-corrected chi connectivity index (χ1v) is 8.70. The van der Waals surface area contributed by atoms with Crippen molar-refractivity contribution in [3.63, 3.8) is 0 Å². The molecule has 2 aromatic rings. The molecule has 0 aliphatic rings. The standard InChI is InChI=1S/C15H19N3OS2/c1-11(8-9-13-6-4-3-5-7-13)16-14(19)10-20-15-18-17-12(2)21-15/h3-7,11H,8-10H2,1-2H3,(H,16,19)/t11-/m1/s1. The number of carbonyl (C=O) groups excluding carboxylic acids is 1. The van der Waals surface area contributed by atoms with E-state index in [1.165, 1.54) is 28.7 Å². The predicted molar refractivity (Wildman–Crippen MR) is 87.7 cm³/mol. The second-order valence-electron chi connectivity index (χ2n) is 4.87. The SMILES string of the molecule is Cc1nnc(SCC(=O)N[C@H](C)CCc2ccccc2)s1. The summed E-state index contributed by atoms with van der Waals surface area (Å²) in [5.74, 6) is 0.443. The average Bonchev–Trinajstić information content (AvgIpc) is 2.90. The van der Waals surface area contributed by atoms with Crippen LogP contribution < -0.4 is 5.32 Å². The highest BCUT2D eigenvalue weighted by molar-refractivity contribution is 8.01. The molecule has 0 aliphatic carbocycles. The van der Waals surface area contributed by atoms with Crippen molar-refractivity contribution in [2.75, 3.05) is 5.75 Å². The Hall–Kier alpha value is -1.40. The zero-order valence-corrected chi connectivity index (χ0v) is 13.8. The number of hydrogen-bond acceptors (Lipinski definition) is 5. The second-order valence-corrected chi connectivity index (χ2v) is 7.27. The Bertz CT molecular complexity index is 571. The van der Waals surface area contributed by atoms with Crippen molar-refractivity contribution >= 4 is 29.0 Å². The van der Waals surface area contributed by atoms with E-state index >= 15 is 0 Å². The molecule has 6 heteroatoms. The summed E-state index contributed by atoms with van der Waals surface area (Å²) in [5.41, 5.74) is 1.30. The molecule has 1 heterocycles. The van der Waals surface area contributed by atoms with Gasteiger partial charge in [-0.15, -0.1) is 10.2 Å². The highest BCUT2D eigenvalue weighted by atomic mass is 32.2. The van der Waals surface area contributed by atoms with Crippen LogP contribution in [0.1, 0.15) is 23.9 Å². The minimum Gasteiger partial charge on any atom is -0.353 e. The maximum atomic E-state index is 11.9. The number of aryl methyl sites for hydroxylation is 2. The fourth-order valence-corrected chi connectivity index (χ4v) is 3.51. The van der Waals surface area contributed by atoms with Crippen LogP contribution in [0.3, 0.4) is 0 Å². The zero-order valence-electron chi connectivity index (χ0n) is 12.2. The quantitative estimate of drug-likeness (QED) is 0.796. The Labute approximate surface area is 133 Å². The Kier molecular flexibility index (Phi) is 6.20. The average molecular weight is 321 g/mol. The lowest BCUT2D eigenvalue weighted by Crippen LogP contribution is -2.34. The molecule has 0 spiro atoms. The molecule has 2 rings (SSSR count). The largest absolute Gasteiger partial charge is 0.353 e. The first kappa shape index (κ1) is 16.0. The number of hydrogen-bond donors (Lipinski definition) is 1. The van der Waals surface area contributed by atoms with E-state index in [4.69, 9.17) is 0 Å². The van der Waals surface area contributed by atoms with Gasteiger partial charge in [0.1, 0.15) is 5.01 Å². The van der Waals surface area contributed by atoms with Crippen molar-refractivity contribution < 1.29 is 4.79 Å². The molecule has 0 fully saturated rings. The number of benzene rings is 1. The summed E-state index contributed by atoms with van der Waals surface area (Å²) in [4.78, 5) is 11.9. The van der Waals surface area contributed by atoms with E-state index in [-0.39, 0.29) is 11.9 Å². The minimum absolute atomic E-state index is 0.0495. The molecular formula is C15H19N3OS2. The van der Waals surface area contributed by atoms with Crippen molar-refractivity contribution in [3.05, 3.63) is 40.9 Å². The van der Waals surface area contributed by atoms with Crippen molar-refractivity contribution in [2.24, 2.45) is 0 Å². The van der Waals surface area contributed by atoms with Gasteiger partial charge in [-0.1, -0.05) is 53.4 Å². The molecule has 0 bridgehead atoms. The maximum absolute atomic E-state index is 11.9. The number of aromatic nitrogens is 2. The van der Waals surface area contributed by atoms with Gasteiger partial charge in [0, 0.05) is 6.04 Å². The molecule has 0 radical (unpaired) electrons. The summed E-state index contributed by atoms with van der Waals surface area (Å²) in [6.45, 7) is 3.95. The van der Waals surface area contributed by atoms with Gasteiger partial charge >= 0.3 is 0 Å². The summed E-state index contributed by atoms with van der Waals surface area (Å²) in [6, 6.07) is 10.5. The van der Waals surface area contributed by atoms with Crippen LogP contribution in [0, 0.1) is 6.92 Å². The number of nitrogens with zero attached hydrogens (tertiary/aromatic N) is 2. The predicted octanol–water partition coefficient (Wildman–Crippen LogP) is 3.08. The normalized spacial score (nSPS) is 12.1. The van der Waals surface area contributed by atoms with Gasteiger partial charge in [0.25, 0.3) is 0 Å². The lowest BCUT2D eigenvalue weighted by Gasteiger charge is -2.13. The summed E-state index contributed by atoms with van der Waals surface area (Å²) >= 11 is 2.96. The van der Waals surface area contributed by atoms with Crippen molar-refractivity contribution in [3.8, 4) is 0 Å². The lowest BCUT2D eigenvalue weighted by molar-refractivity contribution is -0.119. The third-order valence-electron chi connectivity index (χ3n) is 2.95. The molecular weight excluding hydrogens is 302 g/mol. The van der Waals surface area contributed by atoms with E-state index in [9.17, 15) is 4.79 Å². The second kappa shape index (κ2) is 8.14. The highest BCUT2D eigenvalue weighted by Gasteiger charge is 2.09. The summed E-state index contributed by atoms with van der Waals surface area (Å²) in [6.07, 6.45) is 1.92. The van der Waals surface area contributed by atoms with Crippen molar-refractivity contribution in [1.82, 2.24) is 15.5 Å². The molecule has 0 saturated carbocycles. The molecule has 1 N–H and O–H groups in total. The third kappa shape index (κ3) is 5.85. The van der Waals surface area contributed by atoms with Crippen LogP contribution in [0.25, 0.3) is 0 Å². The van der Waals surface area contributed by atoms with Gasteiger partial charge in [0.15, 0.2) is 4.34 Å². The molecule has 0 aliphatic heterocycles. The van der Waals surface area contributed by atoms with Crippen LogP contribution in [0.5, 0.6) is 0 Å². The minimum atomic E-state index is 0.0495. The fourth-order valence-electron chi connectivity index (χ4n) is 1.88. The fraction of sp³-hybridized carbons (Fsp3) is 0.400. The maximum Gasteiger partial charge on any atom is 0.230 e. The first-order chi connectivity index (χ1) is 10.1. The monoisotopic (exact) mass is 321 g/mol. The Morgan fingerprint density at radius 2 is 2.10 bits per heavy atom. The van der Waals surface area contributed by atoms with Crippen LogP contribution in [0.15, 0.2) is 34.7 Å². The van der Waals surface area contributed by atoms with Gasteiger partial charge in [-0.25, -0.2) is 0 Å². The number of amides is 1. The van der Waals surface area contributed by atoms with Crippen LogP contribution in [-0.4, -0.2) is 27.9 Å². The smallest absolute Gasteiger partial charge is 0.230 e. The number of thioether (sulfide) groups is 1. The number of nitrogens with one attached hydrogen (secondary N) is 1. The van der Waals surface area contributed by atoms with E-state index in [1.807, 2.05) is 32.0 Å². The number of carbonyl (C=O) groups is 1. The molecule has 0 unspecified atom stereocenters. The third-order valence-corrected chi connectivity index (χ3v) is 4.92. The molecule has 4 nitrogen and oxygen atoms in total. The molecule has 1 aromatic carbocycles. The molecule has 0 saturated heterocycles. The zero-order chi connectivity index (χ0) is 15.1. The molecule has 112 valence electrons. The van der Waals surface area contributed by atoms with Gasteiger partial charge in [-0.3, -0.25) is 4.79 Å². The van der Waals surface area contributed by atoms with Crippen LogP contribution in [-0.2, 0) is 11.2 Å². The van der Waals surface area contributed by atoms with Gasteiger partial charge in [-0.05, 0) is 32.3 Å². The topological polar surface area (TPSA) is 54.9 Å². The number of rotatable bonds is 7. The first-order valence-electron chi connectivity index (χ1n) is 6.89. The molecule has 1 amide bonds. The van der Waals surface area contributed by atoms with Crippen LogP contribution in [0.4, 0.5) is 0 Å². The Morgan fingerprint density at radius 3 is 2.76 bits per heavy atom. The van der Waals surface area contributed by atoms with E-state index in [1.54, 1.807) is 0 Å². The van der Waals surface area contributed by atoms with E-state index in [0.717, 1.165) is 22.2 Å².